The normalized spacial score (nSPS) is 18.3. The highest BCUT2D eigenvalue weighted by molar-refractivity contribution is 6.09. The Bertz CT molecular complexity index is 2070. The first kappa shape index (κ1) is 37.5. The van der Waals surface area contributed by atoms with Crippen molar-refractivity contribution >= 4 is 45.8 Å². The number of methoxy groups -OCH3 is 2. The number of hydrogen-bond donors (Lipinski definition) is 5. The van der Waals surface area contributed by atoms with E-state index in [-0.39, 0.29) is 35.7 Å². The van der Waals surface area contributed by atoms with Gasteiger partial charge in [-0.1, -0.05) is 52.0 Å². The van der Waals surface area contributed by atoms with Crippen LogP contribution in [0.5, 0.6) is 0 Å². The van der Waals surface area contributed by atoms with E-state index in [1.807, 2.05) is 27.7 Å². The molecule has 0 spiro atoms. The number of aromatic nitrogens is 5. The molecule has 0 bridgehead atoms. The summed E-state index contributed by atoms with van der Waals surface area (Å²) in [6, 6.07) is 10.7. The van der Waals surface area contributed by atoms with E-state index >= 15 is 0 Å². The molecule has 5 aromatic rings. The number of H-pyrrole nitrogens is 3. The number of carbonyl (C=O) groups is 4. The zero-order valence-corrected chi connectivity index (χ0v) is 32.1. The van der Waals surface area contributed by atoms with Crippen LogP contribution < -0.4 is 10.6 Å². The van der Waals surface area contributed by atoms with E-state index in [1.54, 1.807) is 22.2 Å². The van der Waals surface area contributed by atoms with E-state index in [2.05, 4.69) is 62.0 Å². The predicted octanol–water partition coefficient (Wildman–Crippen LogP) is 6.19. The van der Waals surface area contributed by atoms with Crippen molar-refractivity contribution in [2.45, 2.75) is 77.5 Å². The fourth-order valence-electron chi connectivity index (χ4n) is 7.94. The third-order valence-electron chi connectivity index (χ3n) is 10.9. The number of carbonyl (C=O) groups excluding carboxylic acids is 4. The average Bonchev–Trinajstić information content (AvgIpc) is 4.02. The highest BCUT2D eigenvalue weighted by atomic mass is 16.5. The van der Waals surface area contributed by atoms with Gasteiger partial charge in [-0.15, -0.1) is 0 Å². The summed E-state index contributed by atoms with van der Waals surface area (Å²) in [6.07, 6.45) is 5.57. The van der Waals surface area contributed by atoms with Gasteiger partial charge in [0.15, 0.2) is 0 Å². The van der Waals surface area contributed by atoms with Gasteiger partial charge in [-0.25, -0.2) is 19.6 Å². The summed E-state index contributed by atoms with van der Waals surface area (Å²) in [7, 11) is 2.58. The monoisotopic (exact) mass is 751 g/mol. The lowest BCUT2D eigenvalue weighted by Crippen LogP contribution is -2.51. The Morgan fingerprint density at radius 3 is 1.47 bits per heavy atom. The molecular weight excluding hydrogens is 702 g/mol. The molecule has 2 aliphatic heterocycles. The number of benzene rings is 2. The molecule has 0 saturated carbocycles. The van der Waals surface area contributed by atoms with Crippen molar-refractivity contribution < 1.29 is 28.7 Å². The fraction of sp³-hybridized carbons (Fsp3) is 0.450. The lowest BCUT2D eigenvalue weighted by Gasteiger charge is -2.30. The van der Waals surface area contributed by atoms with Crippen LogP contribution >= 0.6 is 0 Å². The number of fused-ring (bicyclic) bond motifs is 3. The number of amides is 4. The number of aromatic amines is 3. The van der Waals surface area contributed by atoms with Gasteiger partial charge >= 0.3 is 12.2 Å². The second-order valence-corrected chi connectivity index (χ2v) is 15.1. The van der Waals surface area contributed by atoms with Crippen molar-refractivity contribution in [1.82, 2.24) is 45.4 Å². The molecule has 0 aliphatic carbocycles. The maximum absolute atomic E-state index is 13.6. The molecule has 4 amide bonds. The number of alkyl carbamates (subject to hydrolysis) is 2. The van der Waals surface area contributed by atoms with Crippen LogP contribution in [-0.4, -0.2) is 98.1 Å². The van der Waals surface area contributed by atoms with Crippen LogP contribution in [0.1, 0.15) is 77.1 Å². The first-order valence-electron chi connectivity index (χ1n) is 18.9. The summed E-state index contributed by atoms with van der Waals surface area (Å²) < 4.78 is 9.53. The number of ether oxygens (including phenoxy) is 2. The Morgan fingerprint density at radius 2 is 1.09 bits per heavy atom. The molecule has 4 atom stereocenters. The summed E-state index contributed by atoms with van der Waals surface area (Å²) in [5, 5.41) is 7.57. The van der Waals surface area contributed by atoms with Gasteiger partial charge in [0.2, 0.25) is 11.8 Å². The standard InChI is InChI=1S/C40H49N9O6/c1-21(2)33(46-39(52)54-5)37(50)48-15-7-9-31(48)35-41-19-29(44-35)23-11-13-25-26-14-12-24(18-28(26)43-27(25)17-23)30-20-42-36(45-30)32-10-8-16-49(32)38(51)34(22(3)4)47-40(53)55-6/h11-14,17-22,31-34,43H,7-10,15-16H2,1-6H3,(H,41,44)(H,42,45)(H,46,52)(H,47,53)/t31-,32-,33-,34-/m0/s1. The van der Waals surface area contributed by atoms with E-state index in [9.17, 15) is 19.2 Å². The number of rotatable bonds is 10. The van der Waals surface area contributed by atoms with Crippen LogP contribution in [0.3, 0.4) is 0 Å². The topological polar surface area (TPSA) is 190 Å². The number of likely N-dealkylation sites (tertiary alicyclic amines) is 2. The Hall–Kier alpha value is -5.86. The molecule has 2 aliphatic rings. The first-order valence-corrected chi connectivity index (χ1v) is 18.9. The summed E-state index contributed by atoms with van der Waals surface area (Å²) in [5.74, 6) is 0.906. The zero-order chi connectivity index (χ0) is 39.0. The van der Waals surface area contributed by atoms with E-state index < -0.39 is 24.3 Å². The first-order chi connectivity index (χ1) is 26.5. The van der Waals surface area contributed by atoms with Gasteiger partial charge in [-0.3, -0.25) is 9.59 Å². The summed E-state index contributed by atoms with van der Waals surface area (Å²) in [6.45, 7) is 8.77. The molecule has 7 rings (SSSR count). The van der Waals surface area contributed by atoms with Gasteiger partial charge in [0.1, 0.15) is 23.7 Å². The number of imidazole rings is 2. The summed E-state index contributed by atoms with van der Waals surface area (Å²) in [4.78, 5) is 74.7. The molecular formula is C40H49N9O6. The second kappa shape index (κ2) is 15.5. The molecule has 15 heteroatoms. The van der Waals surface area contributed by atoms with E-state index in [0.29, 0.717) is 24.7 Å². The van der Waals surface area contributed by atoms with Crippen molar-refractivity contribution in [2.75, 3.05) is 27.3 Å². The molecule has 2 fully saturated rings. The van der Waals surface area contributed by atoms with Crippen molar-refractivity contribution in [3.8, 4) is 22.5 Å². The van der Waals surface area contributed by atoms with Gasteiger partial charge < -0.3 is 44.9 Å². The number of nitrogens with zero attached hydrogens (tertiary/aromatic N) is 4. The molecule has 2 saturated heterocycles. The Kier molecular flexibility index (Phi) is 10.5. The molecule has 2 aromatic carbocycles. The van der Waals surface area contributed by atoms with Crippen LogP contribution in [0.15, 0.2) is 48.8 Å². The Balaban J connectivity index is 1.09. The third-order valence-corrected chi connectivity index (χ3v) is 10.9. The summed E-state index contributed by atoms with van der Waals surface area (Å²) >= 11 is 0. The lowest BCUT2D eigenvalue weighted by atomic mass is 10.0. The molecule has 0 unspecified atom stereocenters. The van der Waals surface area contributed by atoms with Crippen molar-refractivity contribution in [3.05, 3.63) is 60.4 Å². The van der Waals surface area contributed by atoms with Gasteiger partial charge in [-0.05, 0) is 49.7 Å². The minimum atomic E-state index is -0.697. The highest BCUT2D eigenvalue weighted by Crippen LogP contribution is 2.36. The average molecular weight is 752 g/mol. The second-order valence-electron chi connectivity index (χ2n) is 15.1. The van der Waals surface area contributed by atoms with Crippen LogP contribution in [0, 0.1) is 11.8 Å². The molecule has 55 heavy (non-hydrogen) atoms. The van der Waals surface area contributed by atoms with Crippen LogP contribution in [0.4, 0.5) is 9.59 Å². The third kappa shape index (κ3) is 7.34. The lowest BCUT2D eigenvalue weighted by molar-refractivity contribution is -0.136. The Morgan fingerprint density at radius 1 is 0.673 bits per heavy atom. The van der Waals surface area contributed by atoms with Crippen molar-refractivity contribution in [3.63, 3.8) is 0 Å². The molecule has 15 nitrogen and oxygen atoms in total. The SMILES string of the molecule is COC(=O)N[C@H](C(=O)N1CCC[C@H]1c1ncc(-c2ccc3c(c2)[nH]c2cc(-c4cnc([C@@H]5CCCN5C(=O)[C@@H](NC(=O)OC)C(C)C)[nH]4)ccc23)[nH]1)C(C)C. The van der Waals surface area contributed by atoms with Crippen molar-refractivity contribution in [1.29, 1.82) is 0 Å². The van der Waals surface area contributed by atoms with Gasteiger partial charge in [0.25, 0.3) is 0 Å². The van der Waals surface area contributed by atoms with Gasteiger partial charge in [0.05, 0.1) is 50.1 Å². The van der Waals surface area contributed by atoms with Gasteiger partial charge in [-0.2, -0.15) is 0 Å². The maximum Gasteiger partial charge on any atom is 0.407 e. The van der Waals surface area contributed by atoms with Crippen LogP contribution in [0.2, 0.25) is 0 Å². The Labute approximate surface area is 318 Å². The number of hydrogen-bond acceptors (Lipinski definition) is 8. The van der Waals surface area contributed by atoms with E-state index in [1.165, 1.54) is 14.2 Å². The van der Waals surface area contributed by atoms with Crippen molar-refractivity contribution in [2.24, 2.45) is 11.8 Å². The molecule has 3 aromatic heterocycles. The minimum Gasteiger partial charge on any atom is -0.453 e. The van der Waals surface area contributed by atoms with Crippen LogP contribution in [0.25, 0.3) is 44.3 Å². The van der Waals surface area contributed by atoms with E-state index in [4.69, 9.17) is 19.4 Å². The van der Waals surface area contributed by atoms with Gasteiger partial charge in [0, 0.05) is 46.0 Å². The predicted molar refractivity (Wildman–Crippen MR) is 207 cm³/mol. The van der Waals surface area contributed by atoms with Crippen LogP contribution in [-0.2, 0) is 19.1 Å². The molecule has 5 N–H and O–H groups in total. The smallest absolute Gasteiger partial charge is 0.407 e. The maximum atomic E-state index is 13.6. The molecule has 290 valence electrons. The number of nitrogens with one attached hydrogen (secondary N) is 5. The highest BCUT2D eigenvalue weighted by Gasteiger charge is 2.39. The molecule has 0 radical (unpaired) electrons. The fourth-order valence-corrected chi connectivity index (χ4v) is 7.94. The zero-order valence-electron chi connectivity index (χ0n) is 32.1. The minimum absolute atomic E-state index is 0.113. The molecule has 5 heterocycles. The van der Waals surface area contributed by atoms with E-state index in [0.717, 1.165) is 70.0 Å². The quantitative estimate of drug-likeness (QED) is 0.112. The largest absolute Gasteiger partial charge is 0.453 e. The summed E-state index contributed by atoms with van der Waals surface area (Å²) in [5.41, 5.74) is 5.53.